The second-order valence-electron chi connectivity index (χ2n) is 6.41. The maximum Gasteiger partial charge on any atom is 0.103 e. The molecule has 24 heavy (non-hydrogen) atoms. The summed E-state index contributed by atoms with van der Waals surface area (Å²) < 4.78 is 0. The summed E-state index contributed by atoms with van der Waals surface area (Å²) in [6.07, 6.45) is 0.865. The predicted octanol–water partition coefficient (Wildman–Crippen LogP) is 4.04. The molecule has 0 saturated carbocycles. The highest BCUT2D eigenvalue weighted by atomic mass is 32.1. The molecule has 3 nitrogen and oxygen atoms in total. The minimum atomic E-state index is -0.273. The average molecular weight is 335 g/mol. The molecular weight excluding hydrogens is 314 g/mol. The van der Waals surface area contributed by atoms with Crippen molar-refractivity contribution >= 4 is 22.9 Å². The molecule has 1 heterocycles. The fourth-order valence-corrected chi connectivity index (χ4v) is 3.65. The standard InChI is InChI=1S/C20H21N3S/c1-23(2)16-10-8-14(9-11-16)17-12-19(15-6-4-3-5-7-15)22-20(24)18(17)13-21/h3-11,17-19H,12H2,1-2H3,(H,22,24). The Kier molecular flexibility index (Phi) is 4.82. The highest BCUT2D eigenvalue weighted by Gasteiger charge is 2.35. The van der Waals surface area contributed by atoms with Crippen molar-refractivity contribution in [3.63, 3.8) is 0 Å². The lowest BCUT2D eigenvalue weighted by Gasteiger charge is -2.35. The molecule has 0 amide bonds. The predicted molar refractivity (Wildman–Crippen MR) is 102 cm³/mol. The highest BCUT2D eigenvalue weighted by molar-refractivity contribution is 7.80. The van der Waals surface area contributed by atoms with Crippen LogP contribution in [0.5, 0.6) is 0 Å². The van der Waals surface area contributed by atoms with Crippen molar-refractivity contribution in [1.82, 2.24) is 5.32 Å². The molecule has 0 spiro atoms. The van der Waals surface area contributed by atoms with Gasteiger partial charge in [-0.1, -0.05) is 54.7 Å². The van der Waals surface area contributed by atoms with E-state index < -0.39 is 0 Å². The molecule has 3 atom stereocenters. The normalized spacial score (nSPS) is 23.2. The Bertz CT molecular complexity index is 747. The van der Waals surface area contributed by atoms with Crippen LogP contribution in [0.25, 0.3) is 0 Å². The largest absolute Gasteiger partial charge is 0.378 e. The third kappa shape index (κ3) is 3.27. The molecule has 0 aliphatic carbocycles. The van der Waals surface area contributed by atoms with Gasteiger partial charge in [0.05, 0.1) is 17.1 Å². The van der Waals surface area contributed by atoms with E-state index in [9.17, 15) is 5.26 Å². The maximum absolute atomic E-state index is 9.61. The van der Waals surface area contributed by atoms with E-state index in [2.05, 4.69) is 52.7 Å². The topological polar surface area (TPSA) is 39.1 Å². The Labute approximate surface area is 148 Å². The van der Waals surface area contributed by atoms with E-state index in [-0.39, 0.29) is 17.9 Å². The van der Waals surface area contributed by atoms with Crippen LogP contribution in [0.2, 0.25) is 0 Å². The maximum atomic E-state index is 9.61. The molecule has 1 N–H and O–H groups in total. The second-order valence-corrected chi connectivity index (χ2v) is 6.85. The first-order valence-corrected chi connectivity index (χ1v) is 8.53. The number of hydrogen-bond acceptors (Lipinski definition) is 3. The van der Waals surface area contributed by atoms with Gasteiger partial charge in [-0.3, -0.25) is 0 Å². The minimum absolute atomic E-state index is 0.116. The Morgan fingerprint density at radius 1 is 1.04 bits per heavy atom. The molecule has 0 radical (unpaired) electrons. The molecule has 3 unspecified atom stereocenters. The van der Waals surface area contributed by atoms with Gasteiger partial charge in [0.1, 0.15) is 5.92 Å². The molecule has 0 aromatic heterocycles. The van der Waals surface area contributed by atoms with E-state index in [0.717, 1.165) is 12.1 Å². The molecule has 2 aromatic rings. The van der Waals surface area contributed by atoms with Gasteiger partial charge in [0.2, 0.25) is 0 Å². The van der Waals surface area contributed by atoms with Crippen LogP contribution < -0.4 is 10.2 Å². The summed E-state index contributed by atoms with van der Waals surface area (Å²) in [6.45, 7) is 0. The summed E-state index contributed by atoms with van der Waals surface area (Å²) in [5.74, 6) is -0.157. The Morgan fingerprint density at radius 3 is 2.29 bits per heavy atom. The molecule has 4 heteroatoms. The molecule has 1 aliphatic rings. The summed E-state index contributed by atoms with van der Waals surface area (Å²) in [7, 11) is 4.05. The number of anilines is 1. The lowest BCUT2D eigenvalue weighted by atomic mass is 9.77. The number of nitrogens with one attached hydrogen (secondary N) is 1. The van der Waals surface area contributed by atoms with Crippen LogP contribution in [0.15, 0.2) is 54.6 Å². The van der Waals surface area contributed by atoms with Crippen molar-refractivity contribution in [2.45, 2.75) is 18.4 Å². The van der Waals surface area contributed by atoms with Crippen LogP contribution in [-0.2, 0) is 0 Å². The SMILES string of the molecule is CN(C)c1ccc(C2CC(c3ccccc3)NC(=S)C2C#N)cc1. The Balaban J connectivity index is 1.91. The molecule has 1 aliphatic heterocycles. The van der Waals surface area contributed by atoms with Gasteiger partial charge in [-0.2, -0.15) is 5.26 Å². The molecule has 122 valence electrons. The first kappa shape index (κ1) is 16.5. The Hall–Kier alpha value is -2.38. The van der Waals surface area contributed by atoms with Gasteiger partial charge < -0.3 is 10.2 Å². The van der Waals surface area contributed by atoms with Gasteiger partial charge in [-0.15, -0.1) is 0 Å². The summed E-state index contributed by atoms with van der Waals surface area (Å²) in [4.78, 5) is 2.73. The first-order valence-electron chi connectivity index (χ1n) is 8.12. The molecule has 1 saturated heterocycles. The number of piperidine rings is 1. The third-order valence-corrected chi connectivity index (χ3v) is 5.04. The summed E-state index contributed by atoms with van der Waals surface area (Å²) in [6, 6.07) is 21.3. The number of benzene rings is 2. The number of rotatable bonds is 3. The summed E-state index contributed by atoms with van der Waals surface area (Å²) in [5.41, 5.74) is 3.55. The average Bonchev–Trinajstić information content (AvgIpc) is 2.62. The van der Waals surface area contributed by atoms with Crippen molar-refractivity contribution in [2.24, 2.45) is 5.92 Å². The Morgan fingerprint density at radius 2 is 1.71 bits per heavy atom. The van der Waals surface area contributed by atoms with Gasteiger partial charge in [0, 0.05) is 25.7 Å². The second kappa shape index (κ2) is 7.02. The van der Waals surface area contributed by atoms with Crippen LogP contribution in [0.1, 0.15) is 29.5 Å². The van der Waals surface area contributed by atoms with Gasteiger partial charge >= 0.3 is 0 Å². The first-order chi connectivity index (χ1) is 11.6. The van der Waals surface area contributed by atoms with Crippen LogP contribution in [-0.4, -0.2) is 19.1 Å². The fraction of sp³-hybridized carbons (Fsp3) is 0.300. The monoisotopic (exact) mass is 335 g/mol. The molecule has 3 rings (SSSR count). The lowest BCUT2D eigenvalue weighted by molar-refractivity contribution is 0.437. The molecule has 1 fully saturated rings. The molecular formula is C20H21N3S. The van der Waals surface area contributed by atoms with E-state index in [1.807, 2.05) is 32.3 Å². The number of hydrogen-bond donors (Lipinski definition) is 1. The van der Waals surface area contributed by atoms with Crippen molar-refractivity contribution < 1.29 is 0 Å². The molecule has 0 bridgehead atoms. The number of nitriles is 1. The van der Waals surface area contributed by atoms with E-state index in [1.54, 1.807) is 0 Å². The zero-order chi connectivity index (χ0) is 17.1. The number of thiocarbonyl (C=S) groups is 1. The van der Waals surface area contributed by atoms with E-state index in [1.165, 1.54) is 11.1 Å². The summed E-state index contributed by atoms with van der Waals surface area (Å²) >= 11 is 5.51. The smallest absolute Gasteiger partial charge is 0.103 e. The van der Waals surface area contributed by atoms with Gasteiger partial charge in [0.15, 0.2) is 0 Å². The number of nitrogens with zero attached hydrogens (tertiary/aromatic N) is 2. The zero-order valence-corrected chi connectivity index (χ0v) is 14.8. The lowest BCUT2D eigenvalue weighted by Crippen LogP contribution is -2.41. The van der Waals surface area contributed by atoms with Gasteiger partial charge in [0.25, 0.3) is 0 Å². The third-order valence-electron chi connectivity index (χ3n) is 4.67. The van der Waals surface area contributed by atoms with E-state index >= 15 is 0 Å². The molecule has 2 aromatic carbocycles. The van der Waals surface area contributed by atoms with E-state index in [4.69, 9.17) is 12.2 Å². The highest BCUT2D eigenvalue weighted by Crippen LogP contribution is 2.39. The minimum Gasteiger partial charge on any atom is -0.378 e. The quantitative estimate of drug-likeness (QED) is 0.859. The zero-order valence-electron chi connectivity index (χ0n) is 13.9. The van der Waals surface area contributed by atoms with Crippen molar-refractivity contribution in [1.29, 1.82) is 5.26 Å². The van der Waals surface area contributed by atoms with Crippen molar-refractivity contribution in [3.8, 4) is 6.07 Å². The van der Waals surface area contributed by atoms with Gasteiger partial charge in [-0.25, -0.2) is 0 Å². The van der Waals surface area contributed by atoms with E-state index in [0.29, 0.717) is 4.99 Å². The van der Waals surface area contributed by atoms with Crippen LogP contribution in [0.4, 0.5) is 5.69 Å². The van der Waals surface area contributed by atoms with Crippen LogP contribution in [0, 0.1) is 17.2 Å². The van der Waals surface area contributed by atoms with Gasteiger partial charge in [-0.05, 0) is 29.7 Å². The van der Waals surface area contributed by atoms with Crippen molar-refractivity contribution in [3.05, 3.63) is 65.7 Å². The van der Waals surface area contributed by atoms with Crippen LogP contribution in [0.3, 0.4) is 0 Å². The van der Waals surface area contributed by atoms with Crippen LogP contribution >= 0.6 is 12.2 Å². The fourth-order valence-electron chi connectivity index (χ4n) is 3.29. The summed E-state index contributed by atoms with van der Waals surface area (Å²) in [5, 5.41) is 13.0. The van der Waals surface area contributed by atoms with Crippen molar-refractivity contribution in [2.75, 3.05) is 19.0 Å².